The molecule has 0 bridgehead atoms. The molecule has 6 heteroatoms. The number of allylic oxidation sites excluding steroid dienone is 1. The number of hydrogen-bond acceptors (Lipinski definition) is 5. The number of aliphatic hydroxyl groups is 1. The van der Waals surface area contributed by atoms with Crippen molar-refractivity contribution in [3.05, 3.63) is 82.9 Å². The van der Waals surface area contributed by atoms with E-state index in [0.29, 0.717) is 11.1 Å². The Bertz CT molecular complexity index is 1060. The summed E-state index contributed by atoms with van der Waals surface area (Å²) >= 11 is 0. The summed E-state index contributed by atoms with van der Waals surface area (Å²) in [5, 5.41) is 20.3. The van der Waals surface area contributed by atoms with Crippen LogP contribution in [-0.4, -0.2) is 29.3 Å². The SMILES string of the molecule is CCOC(=O)/C(C1=NC(=O)C(C#N)=C1c1ccccc1)=C(/O)c1ccccc1. The van der Waals surface area contributed by atoms with Gasteiger partial charge >= 0.3 is 5.97 Å². The van der Waals surface area contributed by atoms with Crippen molar-refractivity contribution in [3.63, 3.8) is 0 Å². The van der Waals surface area contributed by atoms with Gasteiger partial charge in [0.1, 0.15) is 23.0 Å². The number of benzene rings is 2. The van der Waals surface area contributed by atoms with Gasteiger partial charge in [0.25, 0.3) is 5.91 Å². The lowest BCUT2D eigenvalue weighted by molar-refractivity contribution is -0.137. The summed E-state index contributed by atoms with van der Waals surface area (Å²) in [6, 6.07) is 18.9. The molecule has 0 atom stereocenters. The average molecular weight is 372 g/mol. The number of aliphatic hydroxyl groups excluding tert-OH is 1. The molecule has 0 aliphatic carbocycles. The van der Waals surface area contributed by atoms with Crippen LogP contribution in [0.25, 0.3) is 11.3 Å². The van der Waals surface area contributed by atoms with E-state index in [2.05, 4.69) is 4.99 Å². The predicted molar refractivity (Wildman–Crippen MR) is 104 cm³/mol. The van der Waals surface area contributed by atoms with Crippen LogP contribution in [0.5, 0.6) is 0 Å². The maximum Gasteiger partial charge on any atom is 0.344 e. The number of rotatable bonds is 5. The molecule has 1 aliphatic heterocycles. The second kappa shape index (κ2) is 8.14. The summed E-state index contributed by atoms with van der Waals surface area (Å²) in [4.78, 5) is 28.9. The van der Waals surface area contributed by atoms with Crippen molar-refractivity contribution in [2.24, 2.45) is 4.99 Å². The summed E-state index contributed by atoms with van der Waals surface area (Å²) in [5.74, 6) is -1.97. The highest BCUT2D eigenvalue weighted by atomic mass is 16.5. The zero-order chi connectivity index (χ0) is 20.1. The largest absolute Gasteiger partial charge is 0.506 e. The molecule has 0 spiro atoms. The third kappa shape index (κ3) is 3.46. The van der Waals surface area contributed by atoms with Gasteiger partial charge in [-0.05, 0) is 12.5 Å². The molecular weight excluding hydrogens is 356 g/mol. The van der Waals surface area contributed by atoms with Crippen LogP contribution in [0.2, 0.25) is 0 Å². The summed E-state index contributed by atoms with van der Waals surface area (Å²) in [5.41, 5.74) is 0.561. The van der Waals surface area contributed by atoms with E-state index >= 15 is 0 Å². The third-order valence-corrected chi connectivity index (χ3v) is 4.09. The summed E-state index contributed by atoms with van der Waals surface area (Å²) in [6.07, 6.45) is 0. The van der Waals surface area contributed by atoms with Gasteiger partial charge in [0, 0.05) is 11.1 Å². The van der Waals surface area contributed by atoms with E-state index in [4.69, 9.17) is 4.74 Å². The van der Waals surface area contributed by atoms with Gasteiger partial charge < -0.3 is 9.84 Å². The lowest BCUT2D eigenvalue weighted by Crippen LogP contribution is -2.19. The first-order chi connectivity index (χ1) is 13.6. The van der Waals surface area contributed by atoms with Gasteiger partial charge in [-0.25, -0.2) is 9.79 Å². The van der Waals surface area contributed by atoms with E-state index in [0.717, 1.165) is 0 Å². The third-order valence-electron chi connectivity index (χ3n) is 4.09. The van der Waals surface area contributed by atoms with Crippen molar-refractivity contribution in [3.8, 4) is 6.07 Å². The van der Waals surface area contributed by atoms with Crippen LogP contribution in [-0.2, 0) is 14.3 Å². The fourth-order valence-electron chi connectivity index (χ4n) is 2.86. The molecule has 1 aliphatic rings. The molecular formula is C22H16N2O4. The van der Waals surface area contributed by atoms with Crippen molar-refractivity contribution in [2.75, 3.05) is 6.61 Å². The second-order valence-corrected chi connectivity index (χ2v) is 5.80. The number of nitriles is 1. The van der Waals surface area contributed by atoms with Gasteiger partial charge in [-0.1, -0.05) is 60.7 Å². The molecule has 1 amide bonds. The molecule has 0 unspecified atom stereocenters. The Morgan fingerprint density at radius 3 is 2.29 bits per heavy atom. The lowest BCUT2D eigenvalue weighted by atomic mass is 9.92. The Morgan fingerprint density at radius 1 is 1.11 bits per heavy atom. The first-order valence-electron chi connectivity index (χ1n) is 8.57. The zero-order valence-corrected chi connectivity index (χ0v) is 15.0. The maximum absolute atomic E-state index is 12.7. The molecule has 0 aromatic heterocycles. The van der Waals surface area contributed by atoms with E-state index in [-0.39, 0.29) is 34.8 Å². The molecule has 6 nitrogen and oxygen atoms in total. The van der Waals surface area contributed by atoms with Crippen molar-refractivity contribution >= 4 is 28.9 Å². The molecule has 0 saturated carbocycles. The van der Waals surface area contributed by atoms with Crippen molar-refractivity contribution in [2.45, 2.75) is 6.92 Å². The molecule has 28 heavy (non-hydrogen) atoms. The Morgan fingerprint density at radius 2 is 1.71 bits per heavy atom. The number of carbonyl (C=O) groups is 2. The van der Waals surface area contributed by atoms with Gasteiger partial charge in [-0.15, -0.1) is 0 Å². The first-order valence-corrected chi connectivity index (χ1v) is 8.57. The molecule has 0 radical (unpaired) electrons. The minimum atomic E-state index is -0.831. The summed E-state index contributed by atoms with van der Waals surface area (Å²) < 4.78 is 5.09. The van der Waals surface area contributed by atoms with Crippen LogP contribution >= 0.6 is 0 Å². The fraction of sp³-hybridized carbons (Fsp3) is 0.0909. The molecule has 1 N–H and O–H groups in total. The Kier molecular flexibility index (Phi) is 5.47. The van der Waals surface area contributed by atoms with Crippen LogP contribution in [0.15, 0.2) is 76.8 Å². The topological polar surface area (TPSA) is 99.8 Å². The van der Waals surface area contributed by atoms with Crippen molar-refractivity contribution < 1.29 is 19.4 Å². The smallest absolute Gasteiger partial charge is 0.344 e. The van der Waals surface area contributed by atoms with E-state index in [1.54, 1.807) is 67.6 Å². The Balaban J connectivity index is 2.27. The fourth-order valence-corrected chi connectivity index (χ4v) is 2.86. The minimum absolute atomic E-state index is 0.0706. The van der Waals surface area contributed by atoms with Crippen molar-refractivity contribution in [1.82, 2.24) is 0 Å². The van der Waals surface area contributed by atoms with E-state index in [9.17, 15) is 20.0 Å². The number of nitrogens with zero attached hydrogens (tertiary/aromatic N) is 2. The highest BCUT2D eigenvalue weighted by Gasteiger charge is 2.35. The lowest BCUT2D eigenvalue weighted by Gasteiger charge is -2.13. The van der Waals surface area contributed by atoms with E-state index in [1.807, 2.05) is 6.07 Å². The van der Waals surface area contributed by atoms with Crippen LogP contribution in [0, 0.1) is 11.3 Å². The summed E-state index contributed by atoms with van der Waals surface area (Å²) in [6.45, 7) is 1.70. The number of ether oxygens (including phenoxy) is 1. The normalized spacial score (nSPS) is 14.3. The van der Waals surface area contributed by atoms with Gasteiger partial charge in [-0.3, -0.25) is 4.79 Å². The average Bonchev–Trinajstić information content (AvgIpc) is 3.05. The van der Waals surface area contributed by atoms with E-state index in [1.165, 1.54) is 0 Å². The second-order valence-electron chi connectivity index (χ2n) is 5.80. The Hall–Kier alpha value is -3.98. The number of esters is 1. The van der Waals surface area contributed by atoms with Crippen LogP contribution in [0.4, 0.5) is 0 Å². The Labute approximate surface area is 161 Å². The van der Waals surface area contributed by atoms with Gasteiger partial charge in [-0.2, -0.15) is 5.26 Å². The number of carbonyl (C=O) groups excluding carboxylic acids is 2. The quantitative estimate of drug-likeness (QED) is 0.492. The van der Waals surface area contributed by atoms with Crippen LogP contribution < -0.4 is 0 Å². The first kappa shape index (κ1) is 18.8. The number of aliphatic imine (C=N–C) groups is 1. The van der Waals surface area contributed by atoms with Gasteiger partial charge in [0.2, 0.25) is 0 Å². The van der Waals surface area contributed by atoms with Crippen LogP contribution in [0.3, 0.4) is 0 Å². The zero-order valence-electron chi connectivity index (χ0n) is 15.0. The molecule has 2 aromatic rings. The molecule has 0 fully saturated rings. The number of hydrogen-bond donors (Lipinski definition) is 1. The standard InChI is InChI=1S/C22H16N2O4/c1-2-28-22(27)18(20(25)15-11-7-4-8-12-15)19-17(14-9-5-3-6-10-14)16(13-23)21(26)24-19/h3-12,25H,2H2,1H3/b20-18+. The van der Waals surface area contributed by atoms with Crippen molar-refractivity contribution in [1.29, 1.82) is 5.26 Å². The molecule has 2 aromatic carbocycles. The highest BCUT2D eigenvalue weighted by Crippen LogP contribution is 2.32. The molecule has 138 valence electrons. The minimum Gasteiger partial charge on any atom is -0.506 e. The van der Waals surface area contributed by atoms with E-state index < -0.39 is 11.9 Å². The van der Waals surface area contributed by atoms with Gasteiger partial charge in [0.05, 0.1) is 12.3 Å². The predicted octanol–water partition coefficient (Wildman–Crippen LogP) is 3.48. The molecule has 0 saturated heterocycles. The van der Waals surface area contributed by atoms with Crippen LogP contribution in [0.1, 0.15) is 18.1 Å². The highest BCUT2D eigenvalue weighted by molar-refractivity contribution is 6.49. The molecule has 1 heterocycles. The number of amides is 1. The summed E-state index contributed by atoms with van der Waals surface area (Å²) in [7, 11) is 0. The monoisotopic (exact) mass is 372 g/mol. The van der Waals surface area contributed by atoms with Gasteiger partial charge in [0.15, 0.2) is 0 Å². The molecule has 3 rings (SSSR count). The maximum atomic E-state index is 12.7.